The van der Waals surface area contributed by atoms with Crippen molar-refractivity contribution < 1.29 is 9.53 Å². The Morgan fingerprint density at radius 3 is 2.80 bits per heavy atom. The minimum absolute atomic E-state index is 0.322. The van der Waals surface area contributed by atoms with Gasteiger partial charge in [-0.3, -0.25) is 0 Å². The monoisotopic (exact) mass is 226 g/mol. The van der Waals surface area contributed by atoms with Gasteiger partial charge in [-0.25, -0.2) is 10.2 Å². The molecule has 0 spiro atoms. The molecule has 0 saturated carbocycles. The van der Waals surface area contributed by atoms with Crippen molar-refractivity contribution in [3.8, 4) is 0 Å². The second-order valence-electron chi connectivity index (χ2n) is 2.64. The molecule has 1 amide bonds. The van der Waals surface area contributed by atoms with E-state index in [0.717, 1.165) is 5.56 Å². The number of carbonyl (C=O) groups is 1. The van der Waals surface area contributed by atoms with Crippen molar-refractivity contribution in [3.63, 3.8) is 0 Å². The predicted octanol–water partition coefficient (Wildman–Crippen LogP) is 2.42. The van der Waals surface area contributed by atoms with Crippen LogP contribution in [0.5, 0.6) is 0 Å². The van der Waals surface area contributed by atoms with Crippen molar-refractivity contribution in [2.24, 2.45) is 5.10 Å². The first-order valence-electron chi connectivity index (χ1n) is 4.43. The Labute approximate surface area is 92.9 Å². The molecule has 0 fully saturated rings. The van der Waals surface area contributed by atoms with E-state index in [0.29, 0.717) is 11.6 Å². The van der Waals surface area contributed by atoms with Crippen molar-refractivity contribution >= 4 is 23.9 Å². The highest BCUT2D eigenvalue weighted by Crippen LogP contribution is 2.07. The van der Waals surface area contributed by atoms with Gasteiger partial charge in [-0.15, -0.1) is 0 Å². The van der Waals surface area contributed by atoms with Crippen LogP contribution in [0.15, 0.2) is 29.4 Å². The lowest BCUT2D eigenvalue weighted by molar-refractivity contribution is 0.152. The van der Waals surface area contributed by atoms with Crippen molar-refractivity contribution in [2.75, 3.05) is 6.61 Å². The predicted molar refractivity (Wildman–Crippen MR) is 59.2 cm³/mol. The zero-order chi connectivity index (χ0) is 11.1. The van der Waals surface area contributed by atoms with Crippen molar-refractivity contribution in [1.29, 1.82) is 0 Å². The molecule has 0 bridgehead atoms. The molecule has 0 aromatic heterocycles. The molecule has 0 aliphatic rings. The zero-order valence-corrected chi connectivity index (χ0v) is 8.99. The van der Waals surface area contributed by atoms with Crippen LogP contribution in [0, 0.1) is 0 Å². The van der Waals surface area contributed by atoms with E-state index in [-0.39, 0.29) is 0 Å². The van der Waals surface area contributed by atoms with Crippen LogP contribution in [0.25, 0.3) is 0 Å². The van der Waals surface area contributed by atoms with Gasteiger partial charge >= 0.3 is 6.09 Å². The maximum atomic E-state index is 10.8. The fourth-order valence-corrected chi connectivity index (χ4v) is 0.998. The average Bonchev–Trinajstić information content (AvgIpc) is 2.21. The normalized spacial score (nSPS) is 10.3. The molecule has 1 rings (SSSR count). The summed E-state index contributed by atoms with van der Waals surface area (Å²) in [5.41, 5.74) is 3.07. The summed E-state index contributed by atoms with van der Waals surface area (Å²) in [7, 11) is 0. The largest absolute Gasteiger partial charge is 0.449 e. The van der Waals surface area contributed by atoms with Gasteiger partial charge in [0.25, 0.3) is 0 Å². The highest BCUT2D eigenvalue weighted by molar-refractivity contribution is 6.30. The molecular weight excluding hydrogens is 216 g/mol. The van der Waals surface area contributed by atoms with E-state index >= 15 is 0 Å². The molecule has 1 N–H and O–H groups in total. The first-order valence-corrected chi connectivity index (χ1v) is 4.81. The fourth-order valence-electron chi connectivity index (χ4n) is 0.872. The Bertz CT molecular complexity index is 349. The van der Waals surface area contributed by atoms with E-state index in [1.54, 1.807) is 31.2 Å². The van der Waals surface area contributed by atoms with E-state index < -0.39 is 6.09 Å². The van der Waals surface area contributed by atoms with Gasteiger partial charge in [-0.2, -0.15) is 5.10 Å². The summed E-state index contributed by atoms with van der Waals surface area (Å²) < 4.78 is 4.61. The zero-order valence-electron chi connectivity index (χ0n) is 8.24. The summed E-state index contributed by atoms with van der Waals surface area (Å²) in [6.07, 6.45) is 0.940. The van der Waals surface area contributed by atoms with Gasteiger partial charge in [0.15, 0.2) is 0 Å². The number of hydrogen-bond acceptors (Lipinski definition) is 3. The number of halogens is 1. The summed E-state index contributed by atoms with van der Waals surface area (Å²) >= 11 is 5.70. The average molecular weight is 227 g/mol. The molecule has 5 heteroatoms. The smallest absolute Gasteiger partial charge is 0.427 e. The van der Waals surface area contributed by atoms with Gasteiger partial charge in [0.1, 0.15) is 0 Å². The van der Waals surface area contributed by atoms with E-state index in [2.05, 4.69) is 15.3 Å². The molecule has 1 aromatic carbocycles. The Kier molecular flexibility index (Phi) is 4.63. The van der Waals surface area contributed by atoms with Crippen LogP contribution in [0.4, 0.5) is 4.79 Å². The first-order chi connectivity index (χ1) is 7.22. The number of rotatable bonds is 3. The molecule has 4 nitrogen and oxygen atoms in total. The highest BCUT2D eigenvalue weighted by Gasteiger charge is 1.95. The molecule has 0 radical (unpaired) electrons. The van der Waals surface area contributed by atoms with E-state index in [1.807, 2.05) is 0 Å². The number of ether oxygens (including phenoxy) is 1. The molecule has 0 saturated heterocycles. The van der Waals surface area contributed by atoms with Gasteiger partial charge in [-0.1, -0.05) is 23.7 Å². The molecule has 80 valence electrons. The summed E-state index contributed by atoms with van der Waals surface area (Å²) in [6, 6.07) is 7.07. The van der Waals surface area contributed by atoms with Gasteiger partial charge < -0.3 is 4.74 Å². The molecular formula is C10H11ClN2O2. The molecule has 0 aliphatic carbocycles. The number of hydrazone groups is 1. The van der Waals surface area contributed by atoms with Crippen LogP contribution >= 0.6 is 11.6 Å². The summed E-state index contributed by atoms with van der Waals surface area (Å²) in [5, 5.41) is 4.36. The van der Waals surface area contributed by atoms with Gasteiger partial charge in [0, 0.05) is 5.02 Å². The minimum Gasteiger partial charge on any atom is -0.449 e. The first kappa shape index (κ1) is 11.5. The van der Waals surface area contributed by atoms with Crippen LogP contribution in [0.2, 0.25) is 5.02 Å². The standard InChI is InChI=1S/C10H11ClN2O2/c1-2-15-10(14)13-12-7-8-3-5-9(11)6-4-8/h3-7H,2H2,1H3,(H,13,14). The Balaban J connectivity index is 2.44. The Morgan fingerprint density at radius 1 is 1.53 bits per heavy atom. The number of benzene rings is 1. The third-order valence-corrected chi connectivity index (χ3v) is 1.77. The van der Waals surface area contributed by atoms with Gasteiger partial charge in [0.05, 0.1) is 12.8 Å². The molecule has 15 heavy (non-hydrogen) atoms. The quantitative estimate of drug-likeness (QED) is 0.636. The lowest BCUT2D eigenvalue weighted by atomic mass is 10.2. The van der Waals surface area contributed by atoms with Crippen molar-refractivity contribution in [3.05, 3.63) is 34.9 Å². The number of nitrogens with zero attached hydrogens (tertiary/aromatic N) is 1. The number of hydrogen-bond donors (Lipinski definition) is 1. The molecule has 0 unspecified atom stereocenters. The van der Waals surface area contributed by atoms with E-state index in [1.165, 1.54) is 6.21 Å². The molecule has 0 atom stereocenters. The van der Waals surface area contributed by atoms with Crippen molar-refractivity contribution in [2.45, 2.75) is 6.92 Å². The fraction of sp³-hybridized carbons (Fsp3) is 0.200. The topological polar surface area (TPSA) is 50.7 Å². The van der Waals surface area contributed by atoms with Gasteiger partial charge in [-0.05, 0) is 24.6 Å². The second-order valence-corrected chi connectivity index (χ2v) is 3.08. The van der Waals surface area contributed by atoms with Crippen LogP contribution in [0.3, 0.4) is 0 Å². The SMILES string of the molecule is CCOC(=O)NN=Cc1ccc(Cl)cc1. The molecule has 0 aliphatic heterocycles. The Morgan fingerprint density at radius 2 is 2.20 bits per heavy atom. The van der Waals surface area contributed by atoms with E-state index in [9.17, 15) is 4.79 Å². The number of carbonyl (C=O) groups excluding carboxylic acids is 1. The van der Waals surface area contributed by atoms with Gasteiger partial charge in [0.2, 0.25) is 0 Å². The summed E-state index contributed by atoms with van der Waals surface area (Å²) in [4.78, 5) is 10.8. The summed E-state index contributed by atoms with van der Waals surface area (Å²) in [6.45, 7) is 2.05. The lowest BCUT2D eigenvalue weighted by Gasteiger charge is -1.98. The van der Waals surface area contributed by atoms with Crippen LogP contribution in [-0.4, -0.2) is 18.9 Å². The van der Waals surface area contributed by atoms with Crippen LogP contribution in [-0.2, 0) is 4.74 Å². The number of amides is 1. The summed E-state index contributed by atoms with van der Waals surface area (Å²) in [5.74, 6) is 0. The maximum absolute atomic E-state index is 10.8. The number of nitrogens with one attached hydrogen (secondary N) is 1. The van der Waals surface area contributed by atoms with E-state index in [4.69, 9.17) is 11.6 Å². The minimum atomic E-state index is -0.567. The molecule has 1 aromatic rings. The highest BCUT2D eigenvalue weighted by atomic mass is 35.5. The van der Waals surface area contributed by atoms with Crippen LogP contribution < -0.4 is 5.43 Å². The van der Waals surface area contributed by atoms with Crippen LogP contribution in [0.1, 0.15) is 12.5 Å². The third-order valence-electron chi connectivity index (χ3n) is 1.51. The Hall–Kier alpha value is -1.55. The molecule has 0 heterocycles. The maximum Gasteiger partial charge on any atom is 0.427 e. The van der Waals surface area contributed by atoms with Crippen molar-refractivity contribution in [1.82, 2.24) is 5.43 Å². The lowest BCUT2D eigenvalue weighted by Crippen LogP contribution is -2.18. The second kappa shape index (κ2) is 6.03. The third kappa shape index (κ3) is 4.46.